The van der Waals surface area contributed by atoms with Crippen LogP contribution in [0.25, 0.3) is 0 Å². The molecule has 1 N–H and O–H groups in total. The molecule has 1 aromatic carbocycles. The summed E-state index contributed by atoms with van der Waals surface area (Å²) in [6.07, 6.45) is 0. The number of imide groups is 1. The topological polar surface area (TPSA) is 91.4 Å². The van der Waals surface area contributed by atoms with Gasteiger partial charge in [-0.25, -0.2) is 9.18 Å². The molecule has 2 heterocycles. The maximum atomic E-state index is 12.9. The molecule has 2 aliphatic rings. The molecule has 0 saturated carbocycles. The number of nitrogens with one attached hydrogen (secondary N) is 1. The molecule has 0 aliphatic carbocycles. The van der Waals surface area contributed by atoms with Gasteiger partial charge in [-0.15, -0.1) is 0 Å². The van der Waals surface area contributed by atoms with E-state index in [0.29, 0.717) is 51.7 Å². The molecule has 4 amide bonds. The maximum absolute atomic E-state index is 12.9. The predicted octanol–water partition coefficient (Wildman–Crippen LogP) is -0.0845. The zero-order chi connectivity index (χ0) is 20.8. The molecular formula is C19H25FN4O5. The minimum absolute atomic E-state index is 0.290. The fraction of sp³-hybridized carbons (Fsp3) is 0.526. The van der Waals surface area contributed by atoms with Crippen molar-refractivity contribution in [2.75, 3.05) is 59.6 Å². The van der Waals surface area contributed by atoms with Crippen molar-refractivity contribution in [2.24, 2.45) is 0 Å². The SMILES string of the molecule is COCCNC(=O)CN1C(=O)C2CN(CCOc3ccc(F)cc3)CCN2C1=O. The monoisotopic (exact) mass is 408 g/mol. The molecule has 0 spiro atoms. The minimum atomic E-state index is -0.589. The average molecular weight is 408 g/mol. The second-order valence-electron chi connectivity index (χ2n) is 6.86. The molecule has 2 fully saturated rings. The van der Waals surface area contributed by atoms with Gasteiger partial charge >= 0.3 is 6.03 Å². The van der Waals surface area contributed by atoms with E-state index in [4.69, 9.17) is 9.47 Å². The first kappa shape index (κ1) is 21.0. The van der Waals surface area contributed by atoms with E-state index in [2.05, 4.69) is 5.32 Å². The van der Waals surface area contributed by atoms with Crippen molar-refractivity contribution in [2.45, 2.75) is 6.04 Å². The van der Waals surface area contributed by atoms with E-state index in [1.54, 1.807) is 12.1 Å². The Morgan fingerprint density at radius 1 is 1.21 bits per heavy atom. The van der Waals surface area contributed by atoms with Crippen LogP contribution in [0.2, 0.25) is 0 Å². The van der Waals surface area contributed by atoms with Gasteiger partial charge < -0.3 is 19.7 Å². The molecule has 158 valence electrons. The summed E-state index contributed by atoms with van der Waals surface area (Å²) in [5.74, 6) is -0.508. The molecule has 9 nitrogen and oxygen atoms in total. The van der Waals surface area contributed by atoms with Gasteiger partial charge in [-0.05, 0) is 24.3 Å². The number of nitrogens with zero attached hydrogens (tertiary/aromatic N) is 3. The van der Waals surface area contributed by atoms with Crippen LogP contribution in [-0.2, 0) is 14.3 Å². The first-order valence-corrected chi connectivity index (χ1v) is 9.48. The van der Waals surface area contributed by atoms with Crippen LogP contribution in [0.3, 0.4) is 0 Å². The van der Waals surface area contributed by atoms with E-state index in [9.17, 15) is 18.8 Å². The van der Waals surface area contributed by atoms with Gasteiger partial charge in [0.1, 0.15) is 30.8 Å². The number of carbonyl (C=O) groups excluding carboxylic acids is 3. The molecule has 10 heteroatoms. The molecule has 29 heavy (non-hydrogen) atoms. The Hall–Kier alpha value is -2.72. The lowest BCUT2D eigenvalue weighted by molar-refractivity contribution is -0.133. The van der Waals surface area contributed by atoms with E-state index in [0.717, 1.165) is 4.90 Å². The number of benzene rings is 1. The van der Waals surface area contributed by atoms with E-state index in [1.165, 1.54) is 24.1 Å². The number of hydrogen-bond donors (Lipinski definition) is 1. The number of amides is 4. The van der Waals surface area contributed by atoms with Gasteiger partial charge in [0.15, 0.2) is 0 Å². The van der Waals surface area contributed by atoms with Crippen LogP contribution in [0.5, 0.6) is 5.75 Å². The Bertz CT molecular complexity index is 745. The molecule has 0 radical (unpaired) electrons. The minimum Gasteiger partial charge on any atom is -0.492 e. The second-order valence-corrected chi connectivity index (χ2v) is 6.86. The van der Waals surface area contributed by atoms with Crippen LogP contribution in [0.4, 0.5) is 9.18 Å². The summed E-state index contributed by atoms with van der Waals surface area (Å²) >= 11 is 0. The van der Waals surface area contributed by atoms with E-state index < -0.39 is 18.0 Å². The van der Waals surface area contributed by atoms with Crippen LogP contribution >= 0.6 is 0 Å². The summed E-state index contributed by atoms with van der Waals surface area (Å²) in [4.78, 5) is 41.7. The lowest BCUT2D eigenvalue weighted by Gasteiger charge is -2.35. The first-order valence-electron chi connectivity index (χ1n) is 9.48. The van der Waals surface area contributed by atoms with Gasteiger partial charge in [-0.3, -0.25) is 19.4 Å². The van der Waals surface area contributed by atoms with Gasteiger partial charge in [-0.1, -0.05) is 0 Å². The zero-order valence-corrected chi connectivity index (χ0v) is 16.3. The number of piperazine rings is 1. The lowest BCUT2D eigenvalue weighted by atomic mass is 10.2. The highest BCUT2D eigenvalue weighted by atomic mass is 19.1. The molecular weight excluding hydrogens is 383 g/mol. The molecule has 3 rings (SSSR count). The van der Waals surface area contributed by atoms with Gasteiger partial charge in [0.05, 0.1) is 6.61 Å². The van der Waals surface area contributed by atoms with Crippen LogP contribution in [0.15, 0.2) is 24.3 Å². The highest BCUT2D eigenvalue weighted by molar-refractivity contribution is 6.06. The number of hydrogen-bond acceptors (Lipinski definition) is 6. The lowest BCUT2D eigenvalue weighted by Crippen LogP contribution is -2.53. The number of carbonyl (C=O) groups is 3. The highest BCUT2D eigenvalue weighted by Crippen LogP contribution is 2.22. The summed E-state index contributed by atoms with van der Waals surface area (Å²) in [7, 11) is 1.52. The number of methoxy groups -OCH3 is 1. The number of fused-ring (bicyclic) bond motifs is 1. The molecule has 2 saturated heterocycles. The Balaban J connectivity index is 1.48. The summed E-state index contributed by atoms with van der Waals surface area (Å²) in [5.41, 5.74) is 0. The molecule has 1 unspecified atom stereocenters. The molecule has 0 bridgehead atoms. The van der Waals surface area contributed by atoms with Crippen molar-refractivity contribution in [3.05, 3.63) is 30.1 Å². The van der Waals surface area contributed by atoms with E-state index >= 15 is 0 Å². The summed E-state index contributed by atoms with van der Waals surface area (Å²) in [5, 5.41) is 2.61. The molecule has 2 aliphatic heterocycles. The Morgan fingerprint density at radius 2 is 1.97 bits per heavy atom. The van der Waals surface area contributed by atoms with Crippen molar-refractivity contribution in [1.29, 1.82) is 0 Å². The number of ether oxygens (including phenoxy) is 2. The largest absolute Gasteiger partial charge is 0.492 e. The number of urea groups is 1. The van der Waals surface area contributed by atoms with Gasteiger partial charge in [0, 0.05) is 39.8 Å². The molecule has 0 aromatic heterocycles. The van der Waals surface area contributed by atoms with Crippen molar-refractivity contribution < 1.29 is 28.2 Å². The van der Waals surface area contributed by atoms with E-state index in [1.807, 2.05) is 4.90 Å². The Kier molecular flexibility index (Phi) is 6.99. The smallest absolute Gasteiger partial charge is 0.328 e. The average Bonchev–Trinajstić information content (AvgIpc) is 2.94. The van der Waals surface area contributed by atoms with Crippen LogP contribution < -0.4 is 10.1 Å². The van der Waals surface area contributed by atoms with Crippen molar-refractivity contribution in [1.82, 2.24) is 20.0 Å². The Labute approximate surface area is 168 Å². The second kappa shape index (κ2) is 9.66. The first-order chi connectivity index (χ1) is 14.0. The maximum Gasteiger partial charge on any atom is 0.328 e. The number of rotatable bonds is 9. The molecule has 1 atom stereocenters. The summed E-state index contributed by atoms with van der Waals surface area (Å²) in [6.45, 7) is 2.75. The standard InChI is InChI=1S/C19H25FN4O5/c1-28-10-6-21-17(25)13-24-18(26)16-12-22(7-8-23(16)19(24)27)9-11-29-15-4-2-14(20)3-5-15/h2-5,16H,6-13H2,1H3,(H,21,25). The number of halogens is 1. The Morgan fingerprint density at radius 3 is 2.69 bits per heavy atom. The van der Waals surface area contributed by atoms with Crippen LogP contribution in [-0.4, -0.2) is 98.2 Å². The molecule has 1 aromatic rings. The third-order valence-corrected chi connectivity index (χ3v) is 4.91. The predicted molar refractivity (Wildman–Crippen MR) is 101 cm³/mol. The normalized spacial score (nSPS) is 19.4. The van der Waals surface area contributed by atoms with Crippen molar-refractivity contribution in [3.63, 3.8) is 0 Å². The zero-order valence-electron chi connectivity index (χ0n) is 16.3. The summed E-state index contributed by atoms with van der Waals surface area (Å²) in [6, 6.07) is 4.76. The third kappa shape index (κ3) is 5.21. The van der Waals surface area contributed by atoms with Gasteiger partial charge in [0.2, 0.25) is 5.91 Å². The van der Waals surface area contributed by atoms with Crippen molar-refractivity contribution in [3.8, 4) is 5.75 Å². The van der Waals surface area contributed by atoms with Crippen LogP contribution in [0, 0.1) is 5.82 Å². The van der Waals surface area contributed by atoms with Gasteiger partial charge in [0.25, 0.3) is 5.91 Å². The fourth-order valence-corrected chi connectivity index (χ4v) is 3.37. The highest BCUT2D eigenvalue weighted by Gasteiger charge is 2.47. The van der Waals surface area contributed by atoms with Crippen LogP contribution in [0.1, 0.15) is 0 Å². The van der Waals surface area contributed by atoms with Crippen molar-refractivity contribution >= 4 is 17.8 Å². The third-order valence-electron chi connectivity index (χ3n) is 4.91. The quantitative estimate of drug-likeness (QED) is 0.454. The summed E-state index contributed by atoms with van der Waals surface area (Å²) < 4.78 is 23.4. The van der Waals surface area contributed by atoms with E-state index in [-0.39, 0.29) is 18.3 Å². The fourth-order valence-electron chi connectivity index (χ4n) is 3.37. The van der Waals surface area contributed by atoms with Gasteiger partial charge in [-0.2, -0.15) is 0 Å².